The number of carbonyl (C=O) groups excluding carboxylic acids is 1. The topological polar surface area (TPSA) is 59.4 Å². The monoisotopic (exact) mass is 562 g/mol. The van der Waals surface area contributed by atoms with E-state index in [1.54, 1.807) is 7.05 Å². The molecule has 2 aromatic carbocycles. The van der Waals surface area contributed by atoms with Crippen LogP contribution in [0.3, 0.4) is 0 Å². The average molecular weight is 564 g/mol. The summed E-state index contributed by atoms with van der Waals surface area (Å²) in [6, 6.07) is 13.3. The van der Waals surface area contributed by atoms with E-state index in [0.717, 1.165) is 43.4 Å². The molecule has 0 bridgehead atoms. The molecule has 1 N–H and O–H groups in total. The largest absolute Gasteiger partial charge is 0.445 e. The van der Waals surface area contributed by atoms with Gasteiger partial charge in [-0.25, -0.2) is 18.6 Å². The number of amides is 1. The third kappa shape index (κ3) is 8.06. The van der Waals surface area contributed by atoms with Gasteiger partial charge in [0.15, 0.2) is 11.6 Å². The summed E-state index contributed by atoms with van der Waals surface area (Å²) in [4.78, 5) is 18.7. The van der Waals surface area contributed by atoms with Crippen molar-refractivity contribution in [2.75, 3.05) is 26.7 Å². The summed E-state index contributed by atoms with van der Waals surface area (Å²) in [6.45, 7) is 2.98. The smallest absolute Gasteiger partial charge is 0.409 e. The first kappa shape index (κ1) is 31.6. The fraction of sp³-hybridized carbons (Fsp3) is 0.360. The second-order valence-corrected chi connectivity index (χ2v) is 8.29. The van der Waals surface area contributed by atoms with E-state index >= 15 is 0 Å². The molecule has 1 aromatic heterocycles. The first-order chi connectivity index (χ1) is 16.0. The van der Waals surface area contributed by atoms with Crippen molar-refractivity contribution in [3.8, 4) is 11.3 Å². The summed E-state index contributed by atoms with van der Waals surface area (Å²) in [5, 5.41) is 3.35. The molecule has 1 aliphatic heterocycles. The molecule has 36 heavy (non-hydrogen) atoms. The van der Waals surface area contributed by atoms with Crippen molar-refractivity contribution in [1.29, 1.82) is 0 Å². The number of rotatable bonds is 7. The first-order valence-electron chi connectivity index (χ1n) is 11.2. The fourth-order valence-electron chi connectivity index (χ4n) is 3.99. The van der Waals surface area contributed by atoms with Crippen molar-refractivity contribution in [3.05, 3.63) is 77.8 Å². The molecule has 6 nitrogen and oxygen atoms in total. The highest BCUT2D eigenvalue weighted by atomic mass is 35.5. The van der Waals surface area contributed by atoms with E-state index in [9.17, 15) is 13.6 Å². The van der Waals surface area contributed by atoms with Crippen LogP contribution in [0.4, 0.5) is 13.6 Å². The molecule has 4 rings (SSSR count). The minimum atomic E-state index is -0.897. The second-order valence-electron chi connectivity index (χ2n) is 8.29. The number of ether oxygens (including phenoxy) is 1. The zero-order chi connectivity index (χ0) is 23.2. The Labute approximate surface area is 228 Å². The van der Waals surface area contributed by atoms with E-state index in [1.165, 1.54) is 17.0 Å². The third-order valence-corrected chi connectivity index (χ3v) is 5.92. The molecule has 0 saturated carbocycles. The van der Waals surface area contributed by atoms with Gasteiger partial charge >= 0.3 is 6.09 Å². The zero-order valence-corrected chi connectivity index (χ0v) is 22.3. The number of hydrogen-bond acceptors (Lipinski definition) is 4. The Kier molecular flexibility index (Phi) is 13.2. The van der Waals surface area contributed by atoms with Gasteiger partial charge in [-0.15, -0.1) is 37.2 Å². The molecule has 0 radical (unpaired) electrons. The number of nitrogens with one attached hydrogen (secondary N) is 1. The third-order valence-electron chi connectivity index (χ3n) is 5.92. The Morgan fingerprint density at radius 3 is 2.44 bits per heavy atom. The first-order valence-corrected chi connectivity index (χ1v) is 11.2. The maximum absolute atomic E-state index is 13.8. The number of hydrogen-bond donors (Lipinski definition) is 1. The van der Waals surface area contributed by atoms with Crippen molar-refractivity contribution in [2.45, 2.75) is 31.9 Å². The Bertz CT molecular complexity index is 1100. The van der Waals surface area contributed by atoms with Gasteiger partial charge < -0.3 is 19.5 Å². The number of halogens is 5. The quantitative estimate of drug-likeness (QED) is 0.393. The van der Waals surface area contributed by atoms with Crippen LogP contribution in [0, 0.1) is 11.6 Å². The second kappa shape index (κ2) is 15.0. The summed E-state index contributed by atoms with van der Waals surface area (Å²) in [6.07, 6.45) is 3.35. The minimum Gasteiger partial charge on any atom is -0.445 e. The normalized spacial score (nSPS) is 13.1. The van der Waals surface area contributed by atoms with Gasteiger partial charge in [-0.2, -0.15) is 0 Å². The minimum absolute atomic E-state index is 0. The van der Waals surface area contributed by atoms with Crippen LogP contribution < -0.4 is 5.32 Å². The molecule has 0 unspecified atom stereocenters. The molecular weight excluding hydrogens is 533 g/mol. The summed E-state index contributed by atoms with van der Waals surface area (Å²) in [5.74, 6) is -0.610. The Hall–Kier alpha value is -2.39. The van der Waals surface area contributed by atoms with Crippen LogP contribution in [-0.2, 0) is 17.9 Å². The van der Waals surface area contributed by atoms with Gasteiger partial charge in [-0.3, -0.25) is 0 Å². The van der Waals surface area contributed by atoms with Gasteiger partial charge in [0.25, 0.3) is 0 Å². The van der Waals surface area contributed by atoms with E-state index in [4.69, 9.17) is 9.72 Å². The van der Waals surface area contributed by atoms with Crippen molar-refractivity contribution in [1.82, 2.24) is 19.8 Å². The van der Waals surface area contributed by atoms with Crippen LogP contribution in [0.1, 0.15) is 30.1 Å². The molecular formula is C25H31Cl3F2N4O2. The van der Waals surface area contributed by atoms with Crippen LogP contribution in [0.25, 0.3) is 11.3 Å². The molecule has 3 aromatic rings. The molecule has 2 heterocycles. The standard InChI is InChI=1S/C25H28F2N4O2.3ClH/c1-30(25(32)33-17-18-5-3-2-4-6-18)13-14-31-16-23(20-7-8-21(26)22(27)15-20)29-24(31)19-9-11-28-12-10-19;;;/h2-8,15-16,19,28H,9-14,17H2,1H3;3*1H. The van der Waals surface area contributed by atoms with Gasteiger partial charge in [-0.05, 0) is 49.7 Å². The maximum atomic E-state index is 13.8. The summed E-state index contributed by atoms with van der Waals surface area (Å²) in [5.41, 5.74) is 2.05. The number of piperidine rings is 1. The number of aromatic nitrogens is 2. The van der Waals surface area contributed by atoms with Gasteiger partial charge in [-0.1, -0.05) is 30.3 Å². The zero-order valence-electron chi connectivity index (χ0n) is 19.9. The van der Waals surface area contributed by atoms with Gasteiger partial charge in [0, 0.05) is 37.8 Å². The van der Waals surface area contributed by atoms with Crippen LogP contribution >= 0.6 is 37.2 Å². The van der Waals surface area contributed by atoms with Gasteiger partial charge in [0.2, 0.25) is 0 Å². The molecule has 11 heteroatoms. The Morgan fingerprint density at radius 1 is 1.08 bits per heavy atom. The molecule has 1 saturated heterocycles. The lowest BCUT2D eigenvalue weighted by atomic mass is 9.97. The fourth-order valence-corrected chi connectivity index (χ4v) is 3.99. The summed E-state index contributed by atoms with van der Waals surface area (Å²) < 4.78 is 34.6. The van der Waals surface area contributed by atoms with E-state index in [1.807, 2.05) is 41.1 Å². The van der Waals surface area contributed by atoms with Crippen LogP contribution in [0.2, 0.25) is 0 Å². The highest BCUT2D eigenvalue weighted by Crippen LogP contribution is 2.28. The molecule has 1 amide bonds. The Morgan fingerprint density at radius 2 is 1.78 bits per heavy atom. The summed E-state index contributed by atoms with van der Waals surface area (Å²) >= 11 is 0. The lowest BCUT2D eigenvalue weighted by Gasteiger charge is -2.24. The number of benzene rings is 2. The van der Waals surface area contributed by atoms with Gasteiger partial charge in [0.05, 0.1) is 5.69 Å². The number of nitrogens with zero attached hydrogens (tertiary/aromatic N) is 3. The van der Waals surface area contributed by atoms with Crippen LogP contribution in [-0.4, -0.2) is 47.2 Å². The number of imidazole rings is 1. The van der Waals surface area contributed by atoms with Gasteiger partial charge in [0.1, 0.15) is 12.4 Å². The highest BCUT2D eigenvalue weighted by molar-refractivity contribution is 5.86. The van der Waals surface area contributed by atoms with E-state index in [-0.39, 0.29) is 49.7 Å². The number of likely N-dealkylation sites (N-methyl/N-ethyl adjacent to an activating group) is 1. The molecule has 0 spiro atoms. The van der Waals surface area contributed by atoms with Crippen molar-refractivity contribution < 1.29 is 18.3 Å². The van der Waals surface area contributed by atoms with Crippen molar-refractivity contribution in [2.24, 2.45) is 0 Å². The lowest BCUT2D eigenvalue weighted by Crippen LogP contribution is -2.32. The summed E-state index contributed by atoms with van der Waals surface area (Å²) in [7, 11) is 1.70. The van der Waals surface area contributed by atoms with Crippen LogP contribution in [0.15, 0.2) is 54.7 Å². The van der Waals surface area contributed by atoms with Crippen molar-refractivity contribution >= 4 is 43.3 Å². The average Bonchev–Trinajstić information content (AvgIpc) is 3.28. The van der Waals surface area contributed by atoms with Crippen molar-refractivity contribution in [3.63, 3.8) is 0 Å². The molecule has 1 fully saturated rings. The van der Waals surface area contributed by atoms with Crippen LogP contribution in [0.5, 0.6) is 0 Å². The number of carbonyl (C=O) groups is 1. The SMILES string of the molecule is CN(CCn1cc(-c2ccc(F)c(F)c2)nc1C1CCNCC1)C(=O)OCc1ccccc1.Cl.Cl.Cl. The van der Waals surface area contributed by atoms with E-state index in [0.29, 0.717) is 24.3 Å². The lowest BCUT2D eigenvalue weighted by molar-refractivity contribution is 0.103. The maximum Gasteiger partial charge on any atom is 0.409 e. The highest BCUT2D eigenvalue weighted by Gasteiger charge is 2.22. The molecule has 198 valence electrons. The predicted octanol–water partition coefficient (Wildman–Crippen LogP) is 5.83. The molecule has 0 atom stereocenters. The predicted molar refractivity (Wildman–Crippen MR) is 143 cm³/mol. The Balaban J connectivity index is 0.00000216. The van der Waals surface area contributed by atoms with E-state index in [2.05, 4.69) is 5.32 Å². The van der Waals surface area contributed by atoms with E-state index < -0.39 is 17.7 Å². The molecule has 1 aliphatic rings. The molecule has 0 aliphatic carbocycles.